The lowest BCUT2D eigenvalue weighted by atomic mass is 10.1. The van der Waals surface area contributed by atoms with E-state index in [0.717, 1.165) is 17.7 Å². The molecule has 1 fully saturated rings. The van der Waals surface area contributed by atoms with E-state index in [1.54, 1.807) is 0 Å². The Morgan fingerprint density at radius 3 is 2.92 bits per heavy atom. The van der Waals surface area contributed by atoms with Crippen LogP contribution >= 0.6 is 11.8 Å². The van der Waals surface area contributed by atoms with Crippen LogP contribution in [-0.4, -0.2) is 23.5 Å². The molecule has 1 unspecified atom stereocenters. The lowest BCUT2D eigenvalue weighted by Crippen LogP contribution is -2.38. The topological polar surface area (TPSA) is 29.1 Å². The maximum Gasteiger partial charge on any atom is 0.246 e. The van der Waals surface area contributed by atoms with Crippen LogP contribution in [-0.2, 0) is 4.79 Å². The fourth-order valence-corrected chi connectivity index (χ4v) is 2.36. The van der Waals surface area contributed by atoms with E-state index in [4.69, 9.17) is 0 Å². The molecule has 1 rings (SSSR count). The minimum absolute atomic E-state index is 0.0926. The lowest BCUT2D eigenvalue weighted by molar-refractivity contribution is -0.118. The van der Waals surface area contributed by atoms with Gasteiger partial charge in [0.2, 0.25) is 5.91 Å². The number of carbonyl (C=O) groups excluding carboxylic acids is 1. The van der Waals surface area contributed by atoms with Gasteiger partial charge in [0.25, 0.3) is 0 Å². The fraction of sp³-hybridized carbons (Fsp3) is 0.700. The van der Waals surface area contributed by atoms with Crippen molar-refractivity contribution in [3.8, 4) is 0 Å². The predicted octanol–water partition coefficient (Wildman–Crippen LogP) is 1.96. The van der Waals surface area contributed by atoms with Gasteiger partial charge in [-0.05, 0) is 32.4 Å². The maximum atomic E-state index is 11.5. The molecule has 0 aromatic heterocycles. The molecule has 0 spiro atoms. The van der Waals surface area contributed by atoms with Gasteiger partial charge in [0.15, 0.2) is 0 Å². The van der Waals surface area contributed by atoms with Crippen molar-refractivity contribution >= 4 is 17.7 Å². The highest BCUT2D eigenvalue weighted by molar-refractivity contribution is 7.99. The fourth-order valence-electron chi connectivity index (χ4n) is 1.28. The summed E-state index contributed by atoms with van der Waals surface area (Å²) in [4.78, 5) is 11.5. The monoisotopic (exact) mass is 199 g/mol. The number of hydrogen-bond acceptors (Lipinski definition) is 2. The van der Waals surface area contributed by atoms with Crippen LogP contribution in [0.4, 0.5) is 0 Å². The third-order valence-electron chi connectivity index (χ3n) is 2.29. The smallest absolute Gasteiger partial charge is 0.246 e. The molecule has 0 saturated carbocycles. The molecule has 13 heavy (non-hydrogen) atoms. The number of carbonyl (C=O) groups is 1. The van der Waals surface area contributed by atoms with Crippen LogP contribution in [0.2, 0.25) is 0 Å². The van der Waals surface area contributed by atoms with Crippen LogP contribution < -0.4 is 5.32 Å². The van der Waals surface area contributed by atoms with Crippen molar-refractivity contribution in [3.05, 3.63) is 11.6 Å². The molecule has 0 aromatic rings. The highest BCUT2D eigenvalue weighted by Gasteiger charge is 2.15. The zero-order valence-corrected chi connectivity index (χ0v) is 9.12. The van der Waals surface area contributed by atoms with Crippen molar-refractivity contribution in [2.45, 2.75) is 32.7 Å². The van der Waals surface area contributed by atoms with E-state index in [9.17, 15) is 4.79 Å². The minimum atomic E-state index is 0.0926. The SMILES string of the molecule is C/C=C(/C)C(=O)NC1CCCSC1. The third-order valence-corrected chi connectivity index (χ3v) is 3.50. The van der Waals surface area contributed by atoms with E-state index >= 15 is 0 Å². The van der Waals surface area contributed by atoms with E-state index in [1.165, 1.54) is 12.2 Å². The zero-order chi connectivity index (χ0) is 9.68. The van der Waals surface area contributed by atoms with Crippen molar-refractivity contribution in [1.82, 2.24) is 5.32 Å². The summed E-state index contributed by atoms with van der Waals surface area (Å²) in [5.74, 6) is 2.41. The summed E-state index contributed by atoms with van der Waals surface area (Å²) in [7, 11) is 0. The number of rotatable bonds is 2. The second-order valence-electron chi connectivity index (χ2n) is 3.36. The molecule has 1 amide bonds. The van der Waals surface area contributed by atoms with E-state index in [0.29, 0.717) is 6.04 Å². The maximum absolute atomic E-state index is 11.5. The van der Waals surface area contributed by atoms with E-state index in [-0.39, 0.29) is 5.91 Å². The van der Waals surface area contributed by atoms with Crippen molar-refractivity contribution < 1.29 is 4.79 Å². The Hall–Kier alpha value is -0.440. The van der Waals surface area contributed by atoms with Crippen molar-refractivity contribution in [3.63, 3.8) is 0 Å². The van der Waals surface area contributed by atoms with Gasteiger partial charge in [0, 0.05) is 17.4 Å². The number of nitrogens with one attached hydrogen (secondary N) is 1. The standard InChI is InChI=1S/C10H17NOS/c1-3-8(2)10(12)11-9-5-4-6-13-7-9/h3,9H,4-7H2,1-2H3,(H,11,12)/b8-3-. The van der Waals surface area contributed by atoms with Gasteiger partial charge in [-0.25, -0.2) is 0 Å². The van der Waals surface area contributed by atoms with Gasteiger partial charge in [-0.3, -0.25) is 4.79 Å². The quantitative estimate of drug-likeness (QED) is 0.689. The largest absolute Gasteiger partial charge is 0.349 e. The molecule has 1 saturated heterocycles. The van der Waals surface area contributed by atoms with E-state index in [1.807, 2.05) is 31.7 Å². The average molecular weight is 199 g/mol. The summed E-state index contributed by atoms with van der Waals surface area (Å²) < 4.78 is 0. The Labute approximate surface area is 84.2 Å². The molecule has 0 bridgehead atoms. The molecule has 1 N–H and O–H groups in total. The van der Waals surface area contributed by atoms with Crippen LogP contribution in [0.3, 0.4) is 0 Å². The molecule has 1 aliphatic rings. The van der Waals surface area contributed by atoms with Crippen LogP contribution in [0.1, 0.15) is 26.7 Å². The molecule has 1 aliphatic heterocycles. The van der Waals surface area contributed by atoms with Crippen molar-refractivity contribution in [1.29, 1.82) is 0 Å². The van der Waals surface area contributed by atoms with Crippen molar-refractivity contribution in [2.75, 3.05) is 11.5 Å². The molecule has 1 heterocycles. The van der Waals surface area contributed by atoms with Gasteiger partial charge in [-0.1, -0.05) is 6.08 Å². The second-order valence-corrected chi connectivity index (χ2v) is 4.51. The van der Waals surface area contributed by atoms with Gasteiger partial charge in [0.1, 0.15) is 0 Å². The van der Waals surface area contributed by atoms with Gasteiger partial charge in [-0.2, -0.15) is 11.8 Å². The Bertz CT molecular complexity index is 207. The van der Waals surface area contributed by atoms with Gasteiger partial charge < -0.3 is 5.32 Å². The summed E-state index contributed by atoms with van der Waals surface area (Å²) in [6.45, 7) is 3.75. The molecule has 0 radical (unpaired) electrons. The number of amides is 1. The average Bonchev–Trinajstić information content (AvgIpc) is 2.18. The van der Waals surface area contributed by atoms with Gasteiger partial charge >= 0.3 is 0 Å². The first kappa shape index (κ1) is 10.6. The second kappa shape index (κ2) is 5.32. The highest BCUT2D eigenvalue weighted by Crippen LogP contribution is 2.17. The molecule has 0 aliphatic carbocycles. The Kier molecular flexibility index (Phi) is 4.36. The van der Waals surface area contributed by atoms with Crippen LogP contribution in [0.5, 0.6) is 0 Å². The Morgan fingerprint density at radius 2 is 2.38 bits per heavy atom. The molecular formula is C10H17NOS. The van der Waals surface area contributed by atoms with Crippen LogP contribution in [0, 0.1) is 0 Å². The highest BCUT2D eigenvalue weighted by atomic mass is 32.2. The molecular weight excluding hydrogens is 182 g/mol. The summed E-state index contributed by atoms with van der Waals surface area (Å²) in [6, 6.07) is 0.390. The number of thioether (sulfide) groups is 1. The third kappa shape index (κ3) is 3.43. The zero-order valence-electron chi connectivity index (χ0n) is 8.30. The number of hydrogen-bond donors (Lipinski definition) is 1. The number of allylic oxidation sites excluding steroid dienone is 1. The summed E-state index contributed by atoms with van der Waals surface area (Å²) in [6.07, 6.45) is 4.21. The van der Waals surface area contributed by atoms with E-state index in [2.05, 4.69) is 5.32 Å². The normalized spacial score (nSPS) is 24.2. The van der Waals surface area contributed by atoms with Crippen LogP contribution in [0.15, 0.2) is 11.6 Å². The van der Waals surface area contributed by atoms with Crippen LogP contribution in [0.25, 0.3) is 0 Å². The molecule has 2 nitrogen and oxygen atoms in total. The van der Waals surface area contributed by atoms with Gasteiger partial charge in [-0.15, -0.1) is 0 Å². The first-order chi connectivity index (χ1) is 6.24. The first-order valence-electron chi connectivity index (χ1n) is 4.75. The lowest BCUT2D eigenvalue weighted by Gasteiger charge is -2.22. The first-order valence-corrected chi connectivity index (χ1v) is 5.91. The molecule has 1 atom stereocenters. The molecule has 0 aromatic carbocycles. The van der Waals surface area contributed by atoms with E-state index < -0.39 is 0 Å². The summed E-state index contributed by atoms with van der Waals surface area (Å²) >= 11 is 1.93. The molecule has 74 valence electrons. The minimum Gasteiger partial charge on any atom is -0.349 e. The predicted molar refractivity (Wildman–Crippen MR) is 57.9 cm³/mol. The Morgan fingerprint density at radius 1 is 1.62 bits per heavy atom. The Balaban J connectivity index is 2.34. The summed E-state index contributed by atoms with van der Waals surface area (Å²) in [5.41, 5.74) is 0.815. The molecule has 3 heteroatoms. The van der Waals surface area contributed by atoms with Crippen molar-refractivity contribution in [2.24, 2.45) is 0 Å². The summed E-state index contributed by atoms with van der Waals surface area (Å²) in [5, 5.41) is 3.04. The van der Waals surface area contributed by atoms with Gasteiger partial charge in [0.05, 0.1) is 0 Å².